The molecule has 0 saturated heterocycles. The molecule has 0 unspecified atom stereocenters. The molecule has 8 heteroatoms. The minimum absolute atomic E-state index is 0.0468. The van der Waals surface area contributed by atoms with Crippen molar-refractivity contribution in [2.45, 2.75) is 45.9 Å². The number of methoxy groups -OCH3 is 1. The van der Waals surface area contributed by atoms with E-state index in [-0.39, 0.29) is 18.6 Å². The van der Waals surface area contributed by atoms with E-state index in [4.69, 9.17) is 9.47 Å². The maximum atomic E-state index is 12.9. The molecular formula is C22H30N2O5S. The molecule has 0 saturated carbocycles. The Bertz CT molecular complexity index is 960. The van der Waals surface area contributed by atoms with E-state index in [0.29, 0.717) is 17.9 Å². The summed E-state index contributed by atoms with van der Waals surface area (Å²) < 4.78 is 37.1. The smallest absolute Gasteiger partial charge is 0.244 e. The maximum absolute atomic E-state index is 12.9. The average molecular weight is 435 g/mol. The average Bonchev–Trinajstić information content (AvgIpc) is 2.69. The third-order valence-corrected chi connectivity index (χ3v) is 5.55. The number of carbonyl (C=O) groups is 1. The number of ether oxygens (including phenoxy) is 2. The molecule has 2 aromatic carbocycles. The summed E-state index contributed by atoms with van der Waals surface area (Å²) in [5.74, 6) is 0.859. The summed E-state index contributed by atoms with van der Waals surface area (Å²) in [6.07, 6.45) is 1.45. The number of hydrogen-bond acceptors (Lipinski definition) is 5. The van der Waals surface area contributed by atoms with Gasteiger partial charge in [-0.1, -0.05) is 25.1 Å². The monoisotopic (exact) mass is 434 g/mol. The van der Waals surface area contributed by atoms with E-state index in [1.54, 1.807) is 31.2 Å². The lowest BCUT2D eigenvalue weighted by Gasteiger charge is -2.30. The highest BCUT2D eigenvalue weighted by molar-refractivity contribution is 7.92. The quantitative estimate of drug-likeness (QED) is 0.620. The van der Waals surface area contributed by atoms with Gasteiger partial charge in [-0.3, -0.25) is 9.10 Å². The summed E-state index contributed by atoms with van der Waals surface area (Å²) in [5, 5.41) is 2.85. The van der Waals surface area contributed by atoms with Gasteiger partial charge < -0.3 is 14.8 Å². The second kappa shape index (κ2) is 10.3. The van der Waals surface area contributed by atoms with Crippen molar-refractivity contribution in [1.29, 1.82) is 0 Å². The molecule has 0 bridgehead atoms. The van der Waals surface area contributed by atoms with E-state index >= 15 is 0 Å². The fourth-order valence-electron chi connectivity index (χ4n) is 3.12. The zero-order valence-corrected chi connectivity index (χ0v) is 18.9. The van der Waals surface area contributed by atoms with Gasteiger partial charge in [-0.05, 0) is 50.1 Å². The molecule has 2 rings (SSSR count). The fourth-order valence-corrected chi connectivity index (χ4v) is 4.32. The van der Waals surface area contributed by atoms with Crippen molar-refractivity contribution in [3.63, 3.8) is 0 Å². The van der Waals surface area contributed by atoms with Crippen LogP contribution in [0, 0.1) is 0 Å². The molecule has 1 N–H and O–H groups in total. The van der Waals surface area contributed by atoms with Crippen LogP contribution in [0.25, 0.3) is 0 Å². The number of benzene rings is 2. The number of carbonyl (C=O) groups excluding carboxylic acids is 1. The number of hydrogen-bond donors (Lipinski definition) is 1. The first-order valence-electron chi connectivity index (χ1n) is 9.82. The van der Waals surface area contributed by atoms with E-state index in [9.17, 15) is 13.2 Å². The van der Waals surface area contributed by atoms with Crippen LogP contribution in [0.15, 0.2) is 48.5 Å². The number of anilines is 1. The van der Waals surface area contributed by atoms with Gasteiger partial charge >= 0.3 is 0 Å². The molecule has 0 spiro atoms. The van der Waals surface area contributed by atoms with Gasteiger partial charge in [-0.2, -0.15) is 0 Å². The lowest BCUT2D eigenvalue weighted by Crippen LogP contribution is -2.49. The molecular weight excluding hydrogens is 404 g/mol. The van der Waals surface area contributed by atoms with Crippen LogP contribution >= 0.6 is 0 Å². The van der Waals surface area contributed by atoms with E-state index < -0.39 is 16.1 Å². The van der Waals surface area contributed by atoms with Crippen LogP contribution in [-0.4, -0.2) is 39.8 Å². The fraction of sp³-hybridized carbons (Fsp3) is 0.409. The van der Waals surface area contributed by atoms with Gasteiger partial charge in [-0.15, -0.1) is 0 Å². The number of nitrogens with one attached hydrogen (secondary N) is 1. The molecule has 0 aliphatic rings. The van der Waals surface area contributed by atoms with Crippen molar-refractivity contribution in [3.8, 4) is 11.5 Å². The molecule has 0 fully saturated rings. The number of nitrogens with zero attached hydrogens (tertiary/aromatic N) is 1. The van der Waals surface area contributed by atoms with E-state index in [1.807, 2.05) is 38.1 Å². The molecule has 0 aliphatic heterocycles. The van der Waals surface area contributed by atoms with Crippen LogP contribution < -0.4 is 19.1 Å². The standard InChI is InChI=1S/C22H30N2O5S/c1-6-21(24(30(5,26)27)18-10-8-11-19(14-18)28-4)22(25)23-15-17-9-7-12-20(13-17)29-16(2)3/h7-14,16,21H,6,15H2,1-5H3,(H,23,25)/t21-/m0/s1. The van der Waals surface area contributed by atoms with Gasteiger partial charge in [-0.25, -0.2) is 8.42 Å². The highest BCUT2D eigenvalue weighted by Crippen LogP contribution is 2.26. The normalized spacial score (nSPS) is 12.3. The van der Waals surface area contributed by atoms with Crippen LogP contribution in [0.5, 0.6) is 11.5 Å². The Kier molecular flexibility index (Phi) is 8.11. The lowest BCUT2D eigenvalue weighted by molar-refractivity contribution is -0.122. The SMILES string of the molecule is CC[C@@H](C(=O)NCc1cccc(OC(C)C)c1)N(c1cccc(OC)c1)S(C)(=O)=O. The van der Waals surface area contributed by atoms with Crippen molar-refractivity contribution in [2.24, 2.45) is 0 Å². The predicted molar refractivity (Wildman–Crippen MR) is 118 cm³/mol. The number of rotatable bonds is 10. The van der Waals surface area contributed by atoms with Gasteiger partial charge in [0.2, 0.25) is 15.9 Å². The minimum Gasteiger partial charge on any atom is -0.497 e. The number of amides is 1. The first-order valence-corrected chi connectivity index (χ1v) is 11.7. The third kappa shape index (κ3) is 6.38. The molecule has 30 heavy (non-hydrogen) atoms. The maximum Gasteiger partial charge on any atom is 0.244 e. The third-order valence-electron chi connectivity index (χ3n) is 4.37. The Morgan fingerprint density at radius 2 is 1.77 bits per heavy atom. The molecule has 0 heterocycles. The predicted octanol–water partition coefficient (Wildman–Crippen LogP) is 3.34. The van der Waals surface area contributed by atoms with Crippen LogP contribution in [-0.2, 0) is 21.4 Å². The molecule has 0 aromatic heterocycles. The summed E-state index contributed by atoms with van der Waals surface area (Å²) in [6, 6.07) is 13.2. The van der Waals surface area contributed by atoms with E-state index in [1.165, 1.54) is 7.11 Å². The van der Waals surface area contributed by atoms with Gasteiger partial charge in [0.25, 0.3) is 0 Å². The topological polar surface area (TPSA) is 84.9 Å². The van der Waals surface area contributed by atoms with Crippen LogP contribution in [0.1, 0.15) is 32.8 Å². The molecule has 1 amide bonds. The summed E-state index contributed by atoms with van der Waals surface area (Å²) in [7, 11) is -2.20. The Morgan fingerprint density at radius 1 is 1.10 bits per heavy atom. The first kappa shape index (κ1) is 23.5. The van der Waals surface area contributed by atoms with Crippen molar-refractivity contribution < 1.29 is 22.7 Å². The highest BCUT2D eigenvalue weighted by atomic mass is 32.2. The minimum atomic E-state index is -3.71. The number of sulfonamides is 1. The zero-order valence-electron chi connectivity index (χ0n) is 18.1. The summed E-state index contributed by atoms with van der Waals surface area (Å²) >= 11 is 0. The summed E-state index contributed by atoms with van der Waals surface area (Å²) in [6.45, 7) is 5.93. The second-order valence-corrected chi connectivity index (χ2v) is 9.08. The van der Waals surface area contributed by atoms with Crippen LogP contribution in [0.2, 0.25) is 0 Å². The Labute approximate surface area is 179 Å². The summed E-state index contributed by atoms with van der Waals surface area (Å²) in [4.78, 5) is 12.9. The Morgan fingerprint density at radius 3 is 2.37 bits per heavy atom. The molecule has 164 valence electrons. The van der Waals surface area contributed by atoms with Crippen molar-refractivity contribution in [1.82, 2.24) is 5.32 Å². The second-order valence-electron chi connectivity index (χ2n) is 7.22. The first-order chi connectivity index (χ1) is 14.2. The zero-order chi connectivity index (χ0) is 22.3. The largest absolute Gasteiger partial charge is 0.497 e. The van der Waals surface area contributed by atoms with Crippen molar-refractivity contribution in [2.75, 3.05) is 17.7 Å². The van der Waals surface area contributed by atoms with Crippen LogP contribution in [0.4, 0.5) is 5.69 Å². The Hall–Kier alpha value is -2.74. The van der Waals surface area contributed by atoms with Crippen molar-refractivity contribution in [3.05, 3.63) is 54.1 Å². The van der Waals surface area contributed by atoms with Crippen LogP contribution in [0.3, 0.4) is 0 Å². The lowest BCUT2D eigenvalue weighted by atomic mass is 10.1. The molecule has 7 nitrogen and oxygen atoms in total. The van der Waals surface area contributed by atoms with Gasteiger partial charge in [0.05, 0.1) is 25.2 Å². The van der Waals surface area contributed by atoms with Crippen molar-refractivity contribution >= 4 is 21.6 Å². The van der Waals surface area contributed by atoms with Gasteiger partial charge in [0.15, 0.2) is 0 Å². The molecule has 0 aliphatic carbocycles. The molecule has 1 atom stereocenters. The Balaban J connectivity index is 2.22. The van der Waals surface area contributed by atoms with Gasteiger partial charge in [0.1, 0.15) is 17.5 Å². The summed E-state index contributed by atoms with van der Waals surface area (Å²) in [5.41, 5.74) is 1.25. The van der Waals surface area contributed by atoms with Gasteiger partial charge in [0, 0.05) is 12.6 Å². The highest BCUT2D eigenvalue weighted by Gasteiger charge is 2.31. The van der Waals surface area contributed by atoms with E-state index in [2.05, 4.69) is 5.32 Å². The molecule has 0 radical (unpaired) electrons. The molecule has 2 aromatic rings. The van der Waals surface area contributed by atoms with E-state index in [0.717, 1.165) is 21.9 Å².